The van der Waals surface area contributed by atoms with Gasteiger partial charge < -0.3 is 14.4 Å². The summed E-state index contributed by atoms with van der Waals surface area (Å²) in [6, 6.07) is 6.60. The topological polar surface area (TPSA) is 105 Å². The van der Waals surface area contributed by atoms with Crippen LogP contribution in [0.3, 0.4) is 0 Å². The molecule has 1 saturated heterocycles. The number of piperidine rings is 1. The maximum absolute atomic E-state index is 12.5. The molecule has 4 rings (SSSR count). The Morgan fingerprint density at radius 3 is 2.77 bits per heavy atom. The Bertz CT molecular complexity index is 938. The quantitative estimate of drug-likeness (QED) is 0.772. The number of H-pyrrole nitrogens is 1. The molecule has 0 aliphatic carbocycles. The molecule has 0 spiro atoms. The van der Waals surface area contributed by atoms with Crippen LogP contribution < -0.4 is 5.56 Å². The number of rotatable bonds is 3. The average Bonchev–Trinajstić information content (AvgIpc) is 3.19. The van der Waals surface area contributed by atoms with Gasteiger partial charge in [0.2, 0.25) is 5.56 Å². The summed E-state index contributed by atoms with van der Waals surface area (Å²) in [6.45, 7) is 1.28. The monoisotopic (exact) mass is 351 g/mol. The lowest BCUT2D eigenvalue weighted by Crippen LogP contribution is -2.38. The summed E-state index contributed by atoms with van der Waals surface area (Å²) in [5.74, 6) is 1.16. The van der Waals surface area contributed by atoms with E-state index in [1.165, 1.54) is 6.07 Å². The molecule has 0 radical (unpaired) electrons. The van der Waals surface area contributed by atoms with Gasteiger partial charge in [0.05, 0.1) is 11.1 Å². The van der Waals surface area contributed by atoms with Gasteiger partial charge in [-0.2, -0.15) is 4.98 Å². The highest BCUT2D eigenvalue weighted by molar-refractivity contribution is 5.93. The van der Waals surface area contributed by atoms with Crippen LogP contribution in [0.2, 0.25) is 0 Å². The molecule has 4 heterocycles. The van der Waals surface area contributed by atoms with E-state index in [4.69, 9.17) is 4.52 Å². The highest BCUT2D eigenvalue weighted by Crippen LogP contribution is 2.28. The molecule has 26 heavy (non-hydrogen) atoms. The summed E-state index contributed by atoms with van der Waals surface area (Å²) in [7, 11) is 0. The van der Waals surface area contributed by atoms with Crippen molar-refractivity contribution in [1.29, 1.82) is 0 Å². The molecule has 1 fully saturated rings. The van der Waals surface area contributed by atoms with Gasteiger partial charge in [-0.1, -0.05) is 5.16 Å². The molecule has 0 unspecified atom stereocenters. The highest BCUT2D eigenvalue weighted by atomic mass is 16.5. The summed E-state index contributed by atoms with van der Waals surface area (Å²) < 4.78 is 5.32. The Balaban J connectivity index is 1.41. The number of nitrogens with zero attached hydrogens (tertiary/aromatic N) is 4. The molecule has 8 nitrogen and oxygen atoms in total. The molecule has 0 saturated carbocycles. The van der Waals surface area contributed by atoms with Crippen LogP contribution in [0.5, 0.6) is 0 Å². The number of nitrogens with one attached hydrogen (secondary N) is 1. The predicted molar refractivity (Wildman–Crippen MR) is 92.5 cm³/mol. The van der Waals surface area contributed by atoms with Gasteiger partial charge in [-0.25, -0.2) is 0 Å². The first-order valence-corrected chi connectivity index (χ1v) is 8.43. The fourth-order valence-corrected chi connectivity index (χ4v) is 3.07. The Hall–Kier alpha value is -3.29. The molecule has 0 atom stereocenters. The normalized spacial score (nSPS) is 15.2. The minimum Gasteiger partial charge on any atom is -0.339 e. The summed E-state index contributed by atoms with van der Waals surface area (Å²) in [5, 5.41) is 4.08. The van der Waals surface area contributed by atoms with E-state index in [-0.39, 0.29) is 17.4 Å². The van der Waals surface area contributed by atoms with Gasteiger partial charge >= 0.3 is 0 Å². The van der Waals surface area contributed by atoms with Crippen LogP contribution in [0.4, 0.5) is 0 Å². The van der Waals surface area contributed by atoms with Gasteiger partial charge in [-0.05, 0) is 31.0 Å². The van der Waals surface area contributed by atoms with Crippen molar-refractivity contribution in [2.75, 3.05) is 13.1 Å². The molecule has 0 bridgehead atoms. The second-order valence-electron chi connectivity index (χ2n) is 6.21. The number of aromatic nitrogens is 4. The fraction of sp³-hybridized carbons (Fsp3) is 0.278. The molecule has 1 aliphatic heterocycles. The van der Waals surface area contributed by atoms with Crippen molar-refractivity contribution >= 4 is 5.91 Å². The molecular weight excluding hydrogens is 334 g/mol. The fourth-order valence-electron chi connectivity index (χ4n) is 3.07. The van der Waals surface area contributed by atoms with E-state index in [1.807, 2.05) is 4.90 Å². The number of aromatic amines is 1. The van der Waals surface area contributed by atoms with E-state index < -0.39 is 0 Å². The second-order valence-corrected chi connectivity index (χ2v) is 6.21. The molecule has 132 valence electrons. The molecular formula is C18H17N5O3. The van der Waals surface area contributed by atoms with E-state index in [9.17, 15) is 9.59 Å². The first-order valence-electron chi connectivity index (χ1n) is 8.43. The van der Waals surface area contributed by atoms with Crippen LogP contribution in [0.1, 0.15) is 34.9 Å². The van der Waals surface area contributed by atoms with Crippen LogP contribution >= 0.6 is 0 Å². The number of carbonyl (C=O) groups excluding carboxylic acids is 1. The summed E-state index contributed by atoms with van der Waals surface area (Å²) >= 11 is 0. The number of likely N-dealkylation sites (tertiary alicyclic amines) is 1. The van der Waals surface area contributed by atoms with Gasteiger partial charge in [-0.3, -0.25) is 14.6 Å². The lowest BCUT2D eigenvalue weighted by atomic mass is 9.96. The third-order valence-electron chi connectivity index (χ3n) is 4.53. The maximum atomic E-state index is 12.5. The zero-order valence-corrected chi connectivity index (χ0v) is 14.0. The van der Waals surface area contributed by atoms with Gasteiger partial charge in [-0.15, -0.1) is 0 Å². The minimum atomic E-state index is -0.181. The molecule has 1 aliphatic rings. The largest absolute Gasteiger partial charge is 0.339 e. The van der Waals surface area contributed by atoms with E-state index in [1.54, 1.807) is 36.8 Å². The molecule has 3 aromatic heterocycles. The van der Waals surface area contributed by atoms with Crippen LogP contribution in [0.15, 0.2) is 52.2 Å². The van der Waals surface area contributed by atoms with E-state index >= 15 is 0 Å². The third kappa shape index (κ3) is 3.26. The zero-order chi connectivity index (χ0) is 17.9. The van der Waals surface area contributed by atoms with Crippen LogP contribution in [0, 0.1) is 0 Å². The number of carbonyl (C=O) groups is 1. The molecule has 8 heteroatoms. The predicted octanol–water partition coefficient (Wildman–Crippen LogP) is 1.84. The molecule has 3 aromatic rings. The van der Waals surface area contributed by atoms with Crippen molar-refractivity contribution < 1.29 is 9.32 Å². The summed E-state index contributed by atoms with van der Waals surface area (Å²) in [5.41, 5.74) is 1.09. The van der Waals surface area contributed by atoms with Crippen LogP contribution in [-0.2, 0) is 0 Å². The van der Waals surface area contributed by atoms with E-state index in [0.29, 0.717) is 35.9 Å². The molecule has 1 amide bonds. The van der Waals surface area contributed by atoms with Crippen molar-refractivity contribution in [1.82, 2.24) is 25.0 Å². The first kappa shape index (κ1) is 16.2. The van der Waals surface area contributed by atoms with Crippen LogP contribution in [0.25, 0.3) is 11.5 Å². The first-order chi connectivity index (χ1) is 12.7. The molecule has 1 N–H and O–H groups in total. The molecule has 0 aromatic carbocycles. The lowest BCUT2D eigenvalue weighted by molar-refractivity contribution is 0.0710. The minimum absolute atomic E-state index is 0.00130. The SMILES string of the molecule is O=C(c1cccnc1)N1CCC(c2noc(-c3ccc(=O)[nH]c3)n2)CC1. The van der Waals surface area contributed by atoms with Gasteiger partial charge in [0.25, 0.3) is 11.8 Å². The van der Waals surface area contributed by atoms with Gasteiger partial charge in [0, 0.05) is 43.7 Å². The van der Waals surface area contributed by atoms with Crippen molar-refractivity contribution in [2.45, 2.75) is 18.8 Å². The Labute approximate surface area is 148 Å². The van der Waals surface area contributed by atoms with Crippen LogP contribution in [-0.4, -0.2) is 44.0 Å². The lowest BCUT2D eigenvalue weighted by Gasteiger charge is -2.30. The number of pyridine rings is 2. The second kappa shape index (κ2) is 6.91. The number of hydrogen-bond donors (Lipinski definition) is 1. The van der Waals surface area contributed by atoms with Crippen molar-refractivity contribution in [2.24, 2.45) is 0 Å². The standard InChI is InChI=1S/C18H17N5O3/c24-15-4-3-13(11-20-15)17-21-16(22-26-17)12-5-8-23(9-6-12)18(25)14-2-1-7-19-10-14/h1-4,7,10-12H,5-6,8-9H2,(H,20,24). The maximum Gasteiger partial charge on any atom is 0.259 e. The zero-order valence-electron chi connectivity index (χ0n) is 14.0. The van der Waals surface area contributed by atoms with E-state index in [2.05, 4.69) is 20.1 Å². The Morgan fingerprint density at radius 2 is 2.08 bits per heavy atom. The number of hydrogen-bond acceptors (Lipinski definition) is 6. The van der Waals surface area contributed by atoms with Crippen molar-refractivity contribution in [3.05, 3.63) is 64.6 Å². The van der Waals surface area contributed by atoms with Crippen molar-refractivity contribution in [3.8, 4) is 11.5 Å². The Morgan fingerprint density at radius 1 is 1.23 bits per heavy atom. The van der Waals surface area contributed by atoms with E-state index in [0.717, 1.165) is 12.8 Å². The summed E-state index contributed by atoms with van der Waals surface area (Å²) in [4.78, 5) is 36.5. The summed E-state index contributed by atoms with van der Waals surface area (Å²) in [6.07, 6.45) is 6.34. The third-order valence-corrected chi connectivity index (χ3v) is 4.53. The Kier molecular flexibility index (Phi) is 4.30. The smallest absolute Gasteiger partial charge is 0.259 e. The average molecular weight is 351 g/mol. The highest BCUT2D eigenvalue weighted by Gasteiger charge is 2.27. The van der Waals surface area contributed by atoms with Gasteiger partial charge in [0.1, 0.15) is 0 Å². The van der Waals surface area contributed by atoms with Gasteiger partial charge in [0.15, 0.2) is 5.82 Å². The van der Waals surface area contributed by atoms with Crippen molar-refractivity contribution in [3.63, 3.8) is 0 Å². The number of amides is 1.